The molecule has 17 heavy (non-hydrogen) atoms. The summed E-state index contributed by atoms with van der Waals surface area (Å²) >= 11 is 0. The molecule has 1 aromatic carbocycles. The van der Waals surface area contributed by atoms with E-state index in [4.69, 9.17) is 10.4 Å². The van der Waals surface area contributed by atoms with Gasteiger partial charge in [-0.2, -0.15) is 5.26 Å². The standard InChI is InChI=1S/C14H20N2O/c1-16(9-4-2-3-5-10-17)14-8-6-7-13(11-14)12-15/h6-8,11,17H,2-5,9-10H2,1H3. The Labute approximate surface area is 103 Å². The normalized spacial score (nSPS) is 9.94. The molecule has 0 atom stereocenters. The maximum atomic E-state index is 8.82. The molecule has 0 saturated heterocycles. The highest BCUT2D eigenvalue weighted by Crippen LogP contribution is 2.15. The Balaban J connectivity index is 2.36. The zero-order valence-electron chi connectivity index (χ0n) is 10.4. The number of hydrogen-bond acceptors (Lipinski definition) is 3. The number of aliphatic hydroxyl groups is 1. The van der Waals surface area contributed by atoms with Gasteiger partial charge in [0.25, 0.3) is 0 Å². The third-order valence-corrected chi connectivity index (χ3v) is 2.82. The molecule has 0 spiro atoms. The molecule has 0 radical (unpaired) electrons. The largest absolute Gasteiger partial charge is 0.396 e. The van der Waals surface area contributed by atoms with Gasteiger partial charge in [-0.15, -0.1) is 0 Å². The monoisotopic (exact) mass is 232 g/mol. The number of anilines is 1. The Kier molecular flexibility index (Phi) is 6.13. The molecule has 92 valence electrons. The van der Waals surface area contributed by atoms with Gasteiger partial charge in [0.05, 0.1) is 11.6 Å². The second-order valence-corrected chi connectivity index (χ2v) is 4.22. The first-order valence-electron chi connectivity index (χ1n) is 6.10. The van der Waals surface area contributed by atoms with Gasteiger partial charge in [0.15, 0.2) is 0 Å². The van der Waals surface area contributed by atoms with E-state index < -0.39 is 0 Å². The van der Waals surface area contributed by atoms with Gasteiger partial charge >= 0.3 is 0 Å². The van der Waals surface area contributed by atoms with Gasteiger partial charge < -0.3 is 10.0 Å². The van der Waals surface area contributed by atoms with Crippen LogP contribution in [0.1, 0.15) is 31.2 Å². The van der Waals surface area contributed by atoms with E-state index in [9.17, 15) is 0 Å². The average Bonchev–Trinajstić information content (AvgIpc) is 2.38. The fraction of sp³-hybridized carbons (Fsp3) is 0.500. The van der Waals surface area contributed by atoms with Crippen LogP contribution in [0, 0.1) is 11.3 Å². The lowest BCUT2D eigenvalue weighted by molar-refractivity contribution is 0.282. The number of rotatable bonds is 7. The highest BCUT2D eigenvalue weighted by molar-refractivity contribution is 5.50. The Bertz CT molecular complexity index is 371. The van der Waals surface area contributed by atoms with Crippen molar-refractivity contribution in [3.05, 3.63) is 29.8 Å². The molecule has 3 nitrogen and oxygen atoms in total. The molecule has 0 heterocycles. The van der Waals surface area contributed by atoms with E-state index in [-0.39, 0.29) is 0 Å². The lowest BCUT2D eigenvalue weighted by Gasteiger charge is -2.19. The van der Waals surface area contributed by atoms with E-state index in [2.05, 4.69) is 11.0 Å². The number of unbranched alkanes of at least 4 members (excludes halogenated alkanes) is 3. The Morgan fingerprint density at radius 3 is 2.71 bits per heavy atom. The van der Waals surface area contributed by atoms with Crippen molar-refractivity contribution in [1.82, 2.24) is 0 Å². The van der Waals surface area contributed by atoms with E-state index in [1.165, 1.54) is 0 Å². The maximum absolute atomic E-state index is 8.82. The van der Waals surface area contributed by atoms with E-state index in [1.807, 2.05) is 31.3 Å². The summed E-state index contributed by atoms with van der Waals surface area (Å²) in [6, 6.07) is 9.82. The molecule has 0 aliphatic rings. The SMILES string of the molecule is CN(CCCCCCO)c1cccc(C#N)c1. The molecule has 0 saturated carbocycles. The van der Waals surface area contributed by atoms with Crippen LogP contribution in [0.25, 0.3) is 0 Å². The quantitative estimate of drug-likeness (QED) is 0.735. The summed E-state index contributed by atoms with van der Waals surface area (Å²) in [7, 11) is 2.04. The Morgan fingerprint density at radius 1 is 1.24 bits per heavy atom. The molecular formula is C14H20N2O. The van der Waals surface area contributed by atoms with Crippen molar-refractivity contribution in [2.45, 2.75) is 25.7 Å². The van der Waals surface area contributed by atoms with Gasteiger partial charge in [-0.3, -0.25) is 0 Å². The number of hydrogen-bond donors (Lipinski definition) is 1. The van der Waals surface area contributed by atoms with Crippen LogP contribution in [0.5, 0.6) is 0 Å². The third-order valence-electron chi connectivity index (χ3n) is 2.82. The first kappa shape index (κ1) is 13.5. The molecule has 0 aliphatic carbocycles. The minimum absolute atomic E-state index is 0.292. The highest BCUT2D eigenvalue weighted by atomic mass is 16.2. The molecule has 1 aromatic rings. The molecule has 0 aromatic heterocycles. The van der Waals surface area contributed by atoms with Gasteiger partial charge in [-0.05, 0) is 31.0 Å². The summed E-state index contributed by atoms with van der Waals surface area (Å²) in [6.07, 6.45) is 4.24. The van der Waals surface area contributed by atoms with Gasteiger partial charge in [0.1, 0.15) is 0 Å². The minimum Gasteiger partial charge on any atom is -0.396 e. The summed E-state index contributed by atoms with van der Waals surface area (Å²) in [5.41, 5.74) is 1.79. The molecule has 1 rings (SSSR count). The number of nitriles is 1. The predicted octanol–water partition coefficient (Wildman–Crippen LogP) is 2.55. The van der Waals surface area contributed by atoms with Crippen molar-refractivity contribution in [2.24, 2.45) is 0 Å². The molecule has 0 fully saturated rings. The summed E-state index contributed by atoms with van der Waals surface area (Å²) in [6.45, 7) is 1.28. The van der Waals surface area contributed by atoms with Gasteiger partial charge in [-0.25, -0.2) is 0 Å². The summed E-state index contributed by atoms with van der Waals surface area (Å²) < 4.78 is 0. The van der Waals surface area contributed by atoms with Gasteiger partial charge in [0.2, 0.25) is 0 Å². The third kappa shape index (κ3) is 4.88. The number of nitrogens with zero attached hydrogens (tertiary/aromatic N) is 2. The van der Waals surface area contributed by atoms with Crippen molar-refractivity contribution in [2.75, 3.05) is 25.1 Å². The second-order valence-electron chi connectivity index (χ2n) is 4.22. The zero-order chi connectivity index (χ0) is 12.5. The molecule has 3 heteroatoms. The van der Waals surface area contributed by atoms with E-state index >= 15 is 0 Å². The van der Waals surface area contributed by atoms with Crippen LogP contribution in [-0.4, -0.2) is 25.3 Å². The van der Waals surface area contributed by atoms with Crippen molar-refractivity contribution >= 4 is 5.69 Å². The van der Waals surface area contributed by atoms with Crippen LogP contribution in [0.2, 0.25) is 0 Å². The second kappa shape index (κ2) is 7.70. The molecule has 0 unspecified atom stereocenters. The average molecular weight is 232 g/mol. The molecular weight excluding hydrogens is 212 g/mol. The molecule has 0 bridgehead atoms. The van der Waals surface area contributed by atoms with E-state index in [0.29, 0.717) is 12.2 Å². The van der Waals surface area contributed by atoms with Crippen molar-refractivity contribution < 1.29 is 5.11 Å². The van der Waals surface area contributed by atoms with Crippen LogP contribution in [-0.2, 0) is 0 Å². The fourth-order valence-electron chi connectivity index (χ4n) is 1.76. The van der Waals surface area contributed by atoms with Crippen LogP contribution >= 0.6 is 0 Å². The van der Waals surface area contributed by atoms with Crippen molar-refractivity contribution in [1.29, 1.82) is 5.26 Å². The zero-order valence-corrected chi connectivity index (χ0v) is 10.4. The highest BCUT2D eigenvalue weighted by Gasteiger charge is 2.01. The lowest BCUT2D eigenvalue weighted by atomic mass is 10.1. The smallest absolute Gasteiger partial charge is 0.0992 e. The summed E-state index contributed by atoms with van der Waals surface area (Å²) in [5, 5.41) is 17.5. The van der Waals surface area contributed by atoms with Gasteiger partial charge in [0, 0.05) is 25.9 Å². The first-order chi connectivity index (χ1) is 8.27. The first-order valence-corrected chi connectivity index (χ1v) is 6.10. The minimum atomic E-state index is 0.292. The van der Waals surface area contributed by atoms with Crippen molar-refractivity contribution in [3.63, 3.8) is 0 Å². The Morgan fingerprint density at radius 2 is 2.00 bits per heavy atom. The van der Waals surface area contributed by atoms with Crippen LogP contribution < -0.4 is 4.90 Å². The maximum Gasteiger partial charge on any atom is 0.0992 e. The molecule has 0 amide bonds. The molecule has 0 aliphatic heterocycles. The number of benzene rings is 1. The van der Waals surface area contributed by atoms with E-state index in [0.717, 1.165) is 37.9 Å². The fourth-order valence-corrected chi connectivity index (χ4v) is 1.76. The van der Waals surface area contributed by atoms with Crippen molar-refractivity contribution in [3.8, 4) is 6.07 Å². The topological polar surface area (TPSA) is 47.3 Å². The van der Waals surface area contributed by atoms with Crippen LogP contribution in [0.4, 0.5) is 5.69 Å². The van der Waals surface area contributed by atoms with Gasteiger partial charge in [-0.1, -0.05) is 18.9 Å². The lowest BCUT2D eigenvalue weighted by Crippen LogP contribution is -2.18. The molecule has 1 N–H and O–H groups in total. The van der Waals surface area contributed by atoms with Crippen LogP contribution in [0.3, 0.4) is 0 Å². The number of aliphatic hydroxyl groups excluding tert-OH is 1. The van der Waals surface area contributed by atoms with Crippen LogP contribution in [0.15, 0.2) is 24.3 Å². The summed E-state index contributed by atoms with van der Waals surface area (Å²) in [5.74, 6) is 0. The summed E-state index contributed by atoms with van der Waals surface area (Å²) in [4.78, 5) is 2.17. The Hall–Kier alpha value is -1.53. The predicted molar refractivity (Wildman–Crippen MR) is 70.0 cm³/mol. The van der Waals surface area contributed by atoms with E-state index in [1.54, 1.807) is 0 Å².